The summed E-state index contributed by atoms with van der Waals surface area (Å²) in [4.78, 5) is 12.0. The molecule has 0 fully saturated rings. The lowest BCUT2D eigenvalue weighted by Gasteiger charge is -2.08. The zero-order valence-corrected chi connectivity index (χ0v) is 11.6. The summed E-state index contributed by atoms with van der Waals surface area (Å²) in [6.45, 7) is 0. The lowest BCUT2D eigenvalue weighted by Crippen LogP contribution is -2.13. The SMILES string of the molecule is COc1ccc(F)c(NC(=O)c2ccc(CCl)cc2)c1. The number of halogens is 2. The first kappa shape index (κ1) is 14.3. The van der Waals surface area contributed by atoms with Crippen LogP contribution < -0.4 is 10.1 Å². The molecule has 1 amide bonds. The van der Waals surface area contributed by atoms with Gasteiger partial charge in [0.1, 0.15) is 11.6 Å². The van der Waals surface area contributed by atoms with Crippen LogP contribution in [0.2, 0.25) is 0 Å². The highest BCUT2D eigenvalue weighted by molar-refractivity contribution is 6.17. The first-order chi connectivity index (χ1) is 9.63. The molecular weight excluding hydrogens is 281 g/mol. The van der Waals surface area contributed by atoms with E-state index in [4.69, 9.17) is 16.3 Å². The average Bonchev–Trinajstić information content (AvgIpc) is 2.49. The number of hydrogen-bond donors (Lipinski definition) is 1. The Balaban J connectivity index is 2.18. The fourth-order valence-electron chi connectivity index (χ4n) is 1.67. The predicted molar refractivity (Wildman–Crippen MR) is 76.9 cm³/mol. The number of benzene rings is 2. The van der Waals surface area contributed by atoms with Gasteiger partial charge in [-0.3, -0.25) is 4.79 Å². The van der Waals surface area contributed by atoms with Gasteiger partial charge < -0.3 is 10.1 Å². The normalized spacial score (nSPS) is 10.2. The Kier molecular flexibility index (Phi) is 4.58. The minimum absolute atomic E-state index is 0.0794. The van der Waals surface area contributed by atoms with Crippen LogP contribution in [0.3, 0.4) is 0 Å². The van der Waals surface area contributed by atoms with E-state index in [1.165, 1.54) is 25.3 Å². The Morgan fingerprint density at radius 2 is 1.95 bits per heavy atom. The third kappa shape index (κ3) is 3.27. The quantitative estimate of drug-likeness (QED) is 0.870. The Morgan fingerprint density at radius 3 is 2.55 bits per heavy atom. The molecule has 0 saturated carbocycles. The third-order valence-corrected chi connectivity index (χ3v) is 3.10. The number of amides is 1. The van der Waals surface area contributed by atoms with E-state index in [2.05, 4.69) is 5.32 Å². The second-order valence-electron chi connectivity index (χ2n) is 4.13. The van der Waals surface area contributed by atoms with E-state index in [0.29, 0.717) is 17.2 Å². The molecule has 0 aliphatic heterocycles. The number of ether oxygens (including phenoxy) is 1. The molecular formula is C15H13ClFNO2. The maximum absolute atomic E-state index is 13.6. The topological polar surface area (TPSA) is 38.3 Å². The largest absolute Gasteiger partial charge is 0.497 e. The Morgan fingerprint density at radius 1 is 1.25 bits per heavy atom. The zero-order chi connectivity index (χ0) is 14.5. The minimum atomic E-state index is -0.517. The molecule has 0 bridgehead atoms. The average molecular weight is 294 g/mol. The third-order valence-electron chi connectivity index (χ3n) is 2.79. The second kappa shape index (κ2) is 6.39. The molecule has 2 aromatic carbocycles. The van der Waals surface area contributed by atoms with E-state index in [0.717, 1.165) is 5.56 Å². The van der Waals surface area contributed by atoms with E-state index in [1.807, 2.05) is 0 Å². The standard InChI is InChI=1S/C15H13ClFNO2/c1-20-12-6-7-13(17)14(8-12)18-15(19)11-4-2-10(9-16)3-5-11/h2-8H,9H2,1H3,(H,18,19). The molecule has 0 atom stereocenters. The molecule has 0 saturated heterocycles. The molecule has 0 unspecified atom stereocenters. The summed E-state index contributed by atoms with van der Waals surface area (Å²) in [6.07, 6.45) is 0. The summed E-state index contributed by atoms with van der Waals surface area (Å²) in [5.74, 6) is -0.0548. The van der Waals surface area contributed by atoms with Crippen LogP contribution in [0.25, 0.3) is 0 Å². The van der Waals surface area contributed by atoms with Crippen LogP contribution in [-0.2, 0) is 5.88 Å². The van der Waals surface area contributed by atoms with Crippen LogP contribution in [-0.4, -0.2) is 13.0 Å². The molecule has 0 spiro atoms. The molecule has 0 radical (unpaired) electrons. The number of carbonyl (C=O) groups excluding carboxylic acids is 1. The number of hydrogen-bond acceptors (Lipinski definition) is 2. The lowest BCUT2D eigenvalue weighted by atomic mass is 10.1. The lowest BCUT2D eigenvalue weighted by molar-refractivity contribution is 0.102. The van der Waals surface area contributed by atoms with Gasteiger partial charge >= 0.3 is 0 Å². The van der Waals surface area contributed by atoms with Crippen LogP contribution in [0.5, 0.6) is 5.75 Å². The fourth-order valence-corrected chi connectivity index (χ4v) is 1.85. The highest BCUT2D eigenvalue weighted by atomic mass is 35.5. The maximum Gasteiger partial charge on any atom is 0.255 e. The fraction of sp³-hybridized carbons (Fsp3) is 0.133. The van der Waals surface area contributed by atoms with Gasteiger partial charge in [0.25, 0.3) is 5.91 Å². The Hall–Kier alpha value is -2.07. The van der Waals surface area contributed by atoms with Crippen molar-refractivity contribution in [3.63, 3.8) is 0 Å². The summed E-state index contributed by atoms with van der Waals surface area (Å²) >= 11 is 5.68. The number of methoxy groups -OCH3 is 1. The summed E-state index contributed by atoms with van der Waals surface area (Å²) < 4.78 is 18.6. The molecule has 0 aliphatic carbocycles. The molecule has 0 aromatic heterocycles. The van der Waals surface area contributed by atoms with Gasteiger partial charge in [-0.15, -0.1) is 11.6 Å². The van der Waals surface area contributed by atoms with Crippen molar-refractivity contribution in [3.8, 4) is 5.75 Å². The van der Waals surface area contributed by atoms with Crippen molar-refractivity contribution in [1.82, 2.24) is 0 Å². The number of nitrogens with one attached hydrogen (secondary N) is 1. The van der Waals surface area contributed by atoms with Gasteiger partial charge in [-0.1, -0.05) is 12.1 Å². The molecule has 2 aromatic rings. The van der Waals surface area contributed by atoms with Crippen molar-refractivity contribution in [1.29, 1.82) is 0 Å². The van der Waals surface area contributed by atoms with Gasteiger partial charge in [-0.05, 0) is 29.8 Å². The zero-order valence-electron chi connectivity index (χ0n) is 10.8. The molecule has 0 heterocycles. The van der Waals surface area contributed by atoms with Gasteiger partial charge in [-0.2, -0.15) is 0 Å². The number of rotatable bonds is 4. The van der Waals surface area contributed by atoms with Crippen LogP contribution >= 0.6 is 11.6 Å². The summed E-state index contributed by atoms with van der Waals surface area (Å²) in [7, 11) is 1.48. The van der Waals surface area contributed by atoms with E-state index in [-0.39, 0.29) is 5.69 Å². The van der Waals surface area contributed by atoms with Crippen molar-refractivity contribution >= 4 is 23.2 Å². The summed E-state index contributed by atoms with van der Waals surface area (Å²) in [5.41, 5.74) is 1.42. The first-order valence-corrected chi connectivity index (χ1v) is 6.47. The predicted octanol–water partition coefficient (Wildman–Crippen LogP) is 3.83. The van der Waals surface area contributed by atoms with Gasteiger partial charge in [-0.25, -0.2) is 4.39 Å². The van der Waals surface area contributed by atoms with E-state index >= 15 is 0 Å². The van der Waals surface area contributed by atoms with Crippen LogP contribution in [0.1, 0.15) is 15.9 Å². The van der Waals surface area contributed by atoms with Crippen LogP contribution in [0.4, 0.5) is 10.1 Å². The molecule has 5 heteroatoms. The highest BCUT2D eigenvalue weighted by Gasteiger charge is 2.10. The molecule has 20 heavy (non-hydrogen) atoms. The Bertz CT molecular complexity index is 614. The highest BCUT2D eigenvalue weighted by Crippen LogP contribution is 2.21. The second-order valence-corrected chi connectivity index (χ2v) is 4.40. The molecule has 104 valence electrons. The van der Waals surface area contributed by atoms with E-state index in [9.17, 15) is 9.18 Å². The number of alkyl halides is 1. The first-order valence-electron chi connectivity index (χ1n) is 5.94. The van der Waals surface area contributed by atoms with Crippen LogP contribution in [0.15, 0.2) is 42.5 Å². The molecule has 1 N–H and O–H groups in total. The van der Waals surface area contributed by atoms with Crippen molar-refractivity contribution < 1.29 is 13.9 Å². The van der Waals surface area contributed by atoms with Crippen LogP contribution in [0, 0.1) is 5.82 Å². The van der Waals surface area contributed by atoms with Crippen molar-refractivity contribution in [2.45, 2.75) is 5.88 Å². The van der Waals surface area contributed by atoms with Crippen molar-refractivity contribution in [2.75, 3.05) is 12.4 Å². The van der Waals surface area contributed by atoms with Crippen molar-refractivity contribution in [2.24, 2.45) is 0 Å². The maximum atomic E-state index is 13.6. The Labute approximate surface area is 121 Å². The van der Waals surface area contributed by atoms with Gasteiger partial charge in [0.05, 0.1) is 12.8 Å². The molecule has 2 rings (SSSR count). The minimum Gasteiger partial charge on any atom is -0.497 e. The van der Waals surface area contributed by atoms with Crippen molar-refractivity contribution in [3.05, 3.63) is 59.4 Å². The molecule has 0 aliphatic rings. The summed E-state index contributed by atoms with van der Waals surface area (Å²) in [5, 5.41) is 2.51. The molecule has 3 nitrogen and oxygen atoms in total. The number of carbonyl (C=O) groups is 1. The van der Waals surface area contributed by atoms with Gasteiger partial charge in [0.2, 0.25) is 0 Å². The van der Waals surface area contributed by atoms with Gasteiger partial charge in [0.15, 0.2) is 0 Å². The monoisotopic (exact) mass is 293 g/mol. The summed E-state index contributed by atoms with van der Waals surface area (Å²) in [6, 6.07) is 11.0. The number of anilines is 1. The van der Waals surface area contributed by atoms with E-state index in [1.54, 1.807) is 24.3 Å². The van der Waals surface area contributed by atoms with E-state index < -0.39 is 11.7 Å². The smallest absolute Gasteiger partial charge is 0.255 e. The van der Waals surface area contributed by atoms with Gasteiger partial charge in [0, 0.05) is 17.5 Å².